The molecule has 0 saturated heterocycles. The lowest BCUT2D eigenvalue weighted by Gasteiger charge is -2.26. The summed E-state index contributed by atoms with van der Waals surface area (Å²) in [6.45, 7) is 10.8. The van der Waals surface area contributed by atoms with Crippen LogP contribution < -0.4 is 5.73 Å². The van der Waals surface area contributed by atoms with Crippen LogP contribution in [-0.2, 0) is 5.41 Å². The third-order valence-electron chi connectivity index (χ3n) is 3.33. The summed E-state index contributed by atoms with van der Waals surface area (Å²) in [5, 5.41) is 0.782. The van der Waals surface area contributed by atoms with E-state index < -0.39 is 0 Å². The summed E-state index contributed by atoms with van der Waals surface area (Å²) in [6, 6.07) is 7.90. The minimum atomic E-state index is -0.129. The first-order chi connectivity index (χ1) is 8.92. The van der Waals surface area contributed by atoms with Crippen LogP contribution in [0, 0.1) is 0 Å². The van der Waals surface area contributed by atoms with Crippen LogP contribution in [0.3, 0.4) is 0 Å². The molecule has 0 aliphatic carbocycles. The van der Waals surface area contributed by atoms with Crippen molar-refractivity contribution >= 4 is 17.6 Å². The molecular formula is C15H24ClN3. The van der Waals surface area contributed by atoms with E-state index >= 15 is 0 Å². The number of rotatable bonds is 5. The molecule has 0 aliphatic heterocycles. The van der Waals surface area contributed by atoms with Crippen LogP contribution >= 0.6 is 11.6 Å². The molecule has 0 saturated carbocycles. The number of hydrogen-bond acceptors (Lipinski definition) is 1. The molecule has 0 amide bonds. The first kappa shape index (κ1) is 15.8. The van der Waals surface area contributed by atoms with E-state index in [2.05, 4.69) is 32.7 Å². The lowest BCUT2D eigenvalue weighted by Crippen LogP contribution is -2.38. The van der Waals surface area contributed by atoms with Crippen molar-refractivity contribution in [3.05, 3.63) is 34.9 Å². The van der Waals surface area contributed by atoms with Crippen molar-refractivity contribution in [1.82, 2.24) is 4.90 Å². The third kappa shape index (κ3) is 4.13. The van der Waals surface area contributed by atoms with Crippen LogP contribution in [0.25, 0.3) is 0 Å². The first-order valence-corrected chi connectivity index (χ1v) is 7.10. The Morgan fingerprint density at radius 3 is 2.37 bits per heavy atom. The molecule has 0 atom stereocenters. The summed E-state index contributed by atoms with van der Waals surface area (Å²) >= 11 is 6.25. The van der Waals surface area contributed by atoms with Crippen LogP contribution in [0.15, 0.2) is 29.3 Å². The second-order valence-electron chi connectivity index (χ2n) is 5.21. The molecule has 1 aromatic carbocycles. The second-order valence-corrected chi connectivity index (χ2v) is 5.62. The smallest absolute Gasteiger partial charge is 0.191 e. The molecule has 0 heterocycles. The molecule has 0 spiro atoms. The van der Waals surface area contributed by atoms with Crippen molar-refractivity contribution in [2.24, 2.45) is 10.7 Å². The molecule has 19 heavy (non-hydrogen) atoms. The van der Waals surface area contributed by atoms with E-state index in [9.17, 15) is 0 Å². The van der Waals surface area contributed by atoms with Crippen molar-refractivity contribution in [2.45, 2.75) is 33.1 Å². The topological polar surface area (TPSA) is 41.6 Å². The monoisotopic (exact) mass is 281 g/mol. The van der Waals surface area contributed by atoms with E-state index in [1.807, 2.05) is 29.2 Å². The molecule has 0 unspecified atom stereocenters. The summed E-state index contributed by atoms with van der Waals surface area (Å²) in [7, 11) is 0. The molecule has 106 valence electrons. The number of guanidine groups is 1. The quantitative estimate of drug-likeness (QED) is 0.665. The number of benzene rings is 1. The van der Waals surface area contributed by atoms with E-state index in [0.717, 1.165) is 23.7 Å². The predicted molar refractivity (Wildman–Crippen MR) is 83.9 cm³/mol. The number of nitrogens with two attached hydrogens (primary N) is 1. The Bertz CT molecular complexity index is 437. The molecular weight excluding hydrogens is 258 g/mol. The lowest BCUT2D eigenvalue weighted by molar-refractivity contribution is 0.451. The Kier molecular flexibility index (Phi) is 5.67. The minimum absolute atomic E-state index is 0.129. The third-order valence-corrected chi connectivity index (χ3v) is 3.66. The van der Waals surface area contributed by atoms with Gasteiger partial charge in [-0.05, 0) is 25.5 Å². The fourth-order valence-electron chi connectivity index (χ4n) is 2.02. The minimum Gasteiger partial charge on any atom is -0.370 e. The Balaban J connectivity index is 2.86. The van der Waals surface area contributed by atoms with Crippen LogP contribution in [-0.4, -0.2) is 30.5 Å². The van der Waals surface area contributed by atoms with Gasteiger partial charge in [0.15, 0.2) is 5.96 Å². The van der Waals surface area contributed by atoms with Gasteiger partial charge in [0, 0.05) is 23.5 Å². The Hall–Kier alpha value is -1.22. The highest BCUT2D eigenvalue weighted by atomic mass is 35.5. The van der Waals surface area contributed by atoms with Gasteiger partial charge in [-0.25, -0.2) is 0 Å². The summed E-state index contributed by atoms with van der Waals surface area (Å²) in [6.07, 6.45) is 0. The lowest BCUT2D eigenvalue weighted by atomic mass is 9.85. The van der Waals surface area contributed by atoms with Gasteiger partial charge in [-0.2, -0.15) is 0 Å². The summed E-state index contributed by atoms with van der Waals surface area (Å²) in [5.74, 6) is 0.602. The second kappa shape index (κ2) is 6.80. The van der Waals surface area contributed by atoms with Crippen molar-refractivity contribution in [1.29, 1.82) is 0 Å². The van der Waals surface area contributed by atoms with Crippen molar-refractivity contribution in [3.63, 3.8) is 0 Å². The maximum absolute atomic E-state index is 6.25. The van der Waals surface area contributed by atoms with Crippen LogP contribution in [0.5, 0.6) is 0 Å². The number of aliphatic imine (C=N–C) groups is 1. The number of hydrogen-bond donors (Lipinski definition) is 1. The molecule has 2 N–H and O–H groups in total. The van der Waals surface area contributed by atoms with E-state index in [0.29, 0.717) is 12.5 Å². The number of halogens is 1. The van der Waals surface area contributed by atoms with Gasteiger partial charge >= 0.3 is 0 Å². The van der Waals surface area contributed by atoms with Crippen LogP contribution in [0.2, 0.25) is 5.02 Å². The van der Waals surface area contributed by atoms with E-state index in [1.165, 1.54) is 0 Å². The van der Waals surface area contributed by atoms with Crippen molar-refractivity contribution in [2.75, 3.05) is 19.6 Å². The highest BCUT2D eigenvalue weighted by molar-refractivity contribution is 6.31. The molecule has 0 aliphatic rings. The van der Waals surface area contributed by atoms with Crippen LogP contribution in [0.1, 0.15) is 33.3 Å². The normalized spacial score (nSPS) is 12.6. The van der Waals surface area contributed by atoms with Gasteiger partial charge < -0.3 is 10.6 Å². The maximum Gasteiger partial charge on any atom is 0.191 e. The summed E-state index contributed by atoms with van der Waals surface area (Å²) in [5.41, 5.74) is 6.98. The Morgan fingerprint density at radius 2 is 1.84 bits per heavy atom. The zero-order valence-corrected chi connectivity index (χ0v) is 13.0. The van der Waals surface area contributed by atoms with Gasteiger partial charge in [-0.3, -0.25) is 4.99 Å². The SMILES string of the molecule is CCN(CC)C(N)=NCC(C)(C)c1ccccc1Cl. The highest BCUT2D eigenvalue weighted by Crippen LogP contribution is 2.29. The van der Waals surface area contributed by atoms with Gasteiger partial charge in [0.25, 0.3) is 0 Å². The first-order valence-electron chi connectivity index (χ1n) is 6.72. The fourth-order valence-corrected chi connectivity index (χ4v) is 2.41. The molecule has 0 radical (unpaired) electrons. The van der Waals surface area contributed by atoms with Crippen molar-refractivity contribution in [3.8, 4) is 0 Å². The summed E-state index contributed by atoms with van der Waals surface area (Å²) in [4.78, 5) is 6.56. The Labute approximate surface area is 121 Å². The predicted octanol–water partition coefficient (Wildman–Crippen LogP) is 3.27. The van der Waals surface area contributed by atoms with Crippen molar-refractivity contribution < 1.29 is 0 Å². The molecule has 1 aromatic rings. The van der Waals surface area contributed by atoms with Gasteiger partial charge in [0.1, 0.15) is 0 Å². The van der Waals surface area contributed by atoms with Gasteiger partial charge in [-0.15, -0.1) is 0 Å². The van der Waals surface area contributed by atoms with Crippen LogP contribution in [0.4, 0.5) is 0 Å². The zero-order valence-electron chi connectivity index (χ0n) is 12.3. The van der Waals surface area contributed by atoms with E-state index in [4.69, 9.17) is 17.3 Å². The molecule has 1 rings (SSSR count). The van der Waals surface area contributed by atoms with E-state index in [-0.39, 0.29) is 5.41 Å². The maximum atomic E-state index is 6.25. The Morgan fingerprint density at radius 1 is 1.26 bits per heavy atom. The summed E-state index contributed by atoms with van der Waals surface area (Å²) < 4.78 is 0. The van der Waals surface area contributed by atoms with Gasteiger partial charge in [0.05, 0.1) is 6.54 Å². The molecule has 0 bridgehead atoms. The van der Waals surface area contributed by atoms with Gasteiger partial charge in [-0.1, -0.05) is 43.6 Å². The standard InChI is InChI=1S/C15H24ClN3/c1-5-19(6-2)14(17)18-11-15(3,4)12-9-7-8-10-13(12)16/h7-10H,5-6,11H2,1-4H3,(H2,17,18). The zero-order chi connectivity index (χ0) is 14.5. The molecule has 0 fully saturated rings. The van der Waals surface area contributed by atoms with E-state index in [1.54, 1.807) is 0 Å². The average molecular weight is 282 g/mol. The number of nitrogens with zero attached hydrogens (tertiary/aromatic N) is 2. The fraction of sp³-hybridized carbons (Fsp3) is 0.533. The highest BCUT2D eigenvalue weighted by Gasteiger charge is 2.23. The molecule has 3 nitrogen and oxygen atoms in total. The average Bonchev–Trinajstić information content (AvgIpc) is 2.38. The molecule has 0 aromatic heterocycles. The largest absolute Gasteiger partial charge is 0.370 e. The van der Waals surface area contributed by atoms with Gasteiger partial charge in [0.2, 0.25) is 0 Å². The molecule has 4 heteroatoms.